The van der Waals surface area contributed by atoms with Gasteiger partial charge in [0.1, 0.15) is 34.0 Å². The molecule has 2 heterocycles. The second-order valence-corrected chi connectivity index (χ2v) is 14.6. The summed E-state index contributed by atoms with van der Waals surface area (Å²) in [4.78, 5) is 42.6. The van der Waals surface area contributed by atoms with Crippen LogP contribution in [0.3, 0.4) is 0 Å². The summed E-state index contributed by atoms with van der Waals surface area (Å²) >= 11 is 0.905. The van der Waals surface area contributed by atoms with E-state index in [0.29, 0.717) is 13.0 Å². The molecule has 2 aliphatic rings. The molecule has 0 aromatic heterocycles. The summed E-state index contributed by atoms with van der Waals surface area (Å²) in [7, 11) is -3.01. The van der Waals surface area contributed by atoms with Crippen LogP contribution in [0, 0.1) is 16.7 Å². The van der Waals surface area contributed by atoms with Gasteiger partial charge in [-0.2, -0.15) is 0 Å². The average molecular weight is 622 g/mol. The van der Waals surface area contributed by atoms with Gasteiger partial charge in [0.05, 0.1) is 25.4 Å². The van der Waals surface area contributed by atoms with E-state index >= 15 is 0 Å². The lowest BCUT2D eigenvalue weighted by molar-refractivity contribution is -0.198. The molecule has 2 fully saturated rings. The maximum Gasteiger partial charge on any atom is 0.417 e. The summed E-state index contributed by atoms with van der Waals surface area (Å²) in [5.41, 5.74) is -3.37. The number of thioether (sulfide) groups is 1. The lowest BCUT2D eigenvalue weighted by Gasteiger charge is -2.65. The number of rotatable bonds is 14. The standard InChI is InChI=1S/C27H48NO9PSSi/c1-10-16-33-24(31)28-22(30)26(27(37-40,19(5)6)25(7,8)9,18-38(34-11-2,35-12-3)36-13-4)23(28)39-21(29)20-15-14-17-32-20/h10,18-20,23H,1,11-17H2,2-9,40H3/t20?,23-,26+,27-/m1/s1. The van der Waals surface area contributed by atoms with Gasteiger partial charge in [0.15, 0.2) is 0 Å². The minimum atomic E-state index is -3.28. The molecule has 1 unspecified atom stereocenters. The van der Waals surface area contributed by atoms with Gasteiger partial charge in [0.2, 0.25) is 11.0 Å². The summed E-state index contributed by atoms with van der Waals surface area (Å²) < 4.78 is 36.1. The quantitative estimate of drug-likeness (QED) is 0.120. The number of ether oxygens (including phenoxy) is 2. The van der Waals surface area contributed by atoms with Gasteiger partial charge in [-0.15, -0.1) is 0 Å². The van der Waals surface area contributed by atoms with E-state index in [1.807, 2.05) is 55.4 Å². The van der Waals surface area contributed by atoms with Gasteiger partial charge >= 0.3 is 6.09 Å². The Morgan fingerprint density at radius 3 is 2.17 bits per heavy atom. The topological polar surface area (TPSA) is 110 Å². The Hall–Kier alpha value is -0.983. The third kappa shape index (κ3) is 6.34. The Morgan fingerprint density at radius 1 is 1.20 bits per heavy atom. The normalized spacial score (nSPS) is 25.0. The molecule has 0 spiro atoms. The van der Waals surface area contributed by atoms with Crippen LogP contribution in [0.1, 0.15) is 68.2 Å². The average Bonchev–Trinajstić information content (AvgIpc) is 3.42. The zero-order valence-corrected chi connectivity index (χ0v) is 29.2. The SMILES string of the molecule is C=CCOC(=O)N1C(=O)[C@](C=P(OCC)(OCC)OCC)([C@@](O[SiH3])(C(C)C)C(C)(C)C)[C@H]1SC(=O)C1CCCO1. The highest BCUT2D eigenvalue weighted by atomic mass is 32.2. The van der Waals surface area contributed by atoms with Crippen LogP contribution in [0.5, 0.6) is 0 Å². The maximum atomic E-state index is 14.6. The van der Waals surface area contributed by atoms with Crippen molar-refractivity contribution < 1.29 is 41.9 Å². The van der Waals surface area contributed by atoms with Crippen molar-refractivity contribution >= 4 is 52.7 Å². The molecule has 2 amide bonds. The van der Waals surface area contributed by atoms with Gasteiger partial charge in [-0.1, -0.05) is 59.0 Å². The molecule has 0 N–H and O–H groups in total. The molecule has 2 saturated heterocycles. The van der Waals surface area contributed by atoms with Crippen molar-refractivity contribution in [3.8, 4) is 0 Å². The van der Waals surface area contributed by atoms with Crippen LogP contribution in [0.25, 0.3) is 0 Å². The van der Waals surface area contributed by atoms with E-state index in [1.54, 1.807) is 5.80 Å². The molecule has 10 nitrogen and oxygen atoms in total. The van der Waals surface area contributed by atoms with Crippen molar-refractivity contribution in [2.45, 2.75) is 85.3 Å². The van der Waals surface area contributed by atoms with Crippen LogP contribution < -0.4 is 0 Å². The highest BCUT2D eigenvalue weighted by Crippen LogP contribution is 2.65. The largest absolute Gasteiger partial charge is 0.445 e. The minimum Gasteiger partial charge on any atom is -0.445 e. The Kier molecular flexibility index (Phi) is 12.7. The molecule has 0 bridgehead atoms. The summed E-state index contributed by atoms with van der Waals surface area (Å²) in [6.07, 6.45) is 1.27. The second kappa shape index (κ2) is 14.5. The van der Waals surface area contributed by atoms with Crippen LogP contribution in [0.2, 0.25) is 0 Å². The summed E-state index contributed by atoms with van der Waals surface area (Å²) in [5, 5.41) is -1.28. The zero-order valence-electron chi connectivity index (χ0n) is 25.5. The first kappa shape index (κ1) is 35.2. The molecule has 0 aromatic carbocycles. The monoisotopic (exact) mass is 621 g/mol. The number of nitrogens with zero attached hydrogens (tertiary/aromatic N) is 1. The van der Waals surface area contributed by atoms with E-state index in [1.165, 1.54) is 6.08 Å². The Bertz CT molecular complexity index is 958. The zero-order chi connectivity index (χ0) is 30.4. The highest BCUT2D eigenvalue weighted by molar-refractivity contribution is 8.14. The predicted octanol–water partition coefficient (Wildman–Crippen LogP) is 4.31. The summed E-state index contributed by atoms with van der Waals surface area (Å²) in [6.45, 7) is 20.2. The van der Waals surface area contributed by atoms with Crippen LogP contribution in [0.4, 0.5) is 4.79 Å². The molecule has 230 valence electrons. The van der Waals surface area contributed by atoms with Crippen LogP contribution in [0.15, 0.2) is 12.7 Å². The van der Waals surface area contributed by atoms with Crippen molar-refractivity contribution in [1.29, 1.82) is 0 Å². The van der Waals surface area contributed by atoms with Crippen molar-refractivity contribution in [1.82, 2.24) is 4.90 Å². The number of β-lactam (4-membered cyclic amide) rings is 1. The third-order valence-corrected chi connectivity index (χ3v) is 11.8. The number of likely N-dealkylation sites (tertiary alicyclic amines) is 1. The van der Waals surface area contributed by atoms with E-state index in [0.717, 1.165) is 23.1 Å². The van der Waals surface area contributed by atoms with Crippen molar-refractivity contribution in [3.05, 3.63) is 12.7 Å². The lowest BCUT2D eigenvalue weighted by atomic mass is 9.53. The Morgan fingerprint density at radius 2 is 1.77 bits per heavy atom. The summed E-state index contributed by atoms with van der Waals surface area (Å²) in [6, 6.07) is 0. The minimum absolute atomic E-state index is 0.0873. The highest BCUT2D eigenvalue weighted by Gasteiger charge is 2.77. The van der Waals surface area contributed by atoms with E-state index in [9.17, 15) is 14.4 Å². The number of amides is 2. The van der Waals surface area contributed by atoms with Gasteiger partial charge in [0.25, 0.3) is 7.57 Å². The van der Waals surface area contributed by atoms with Gasteiger partial charge in [-0.05, 0) is 44.9 Å². The molecule has 13 heteroatoms. The molecular weight excluding hydrogens is 573 g/mol. The molecule has 2 rings (SSSR count). The van der Waals surface area contributed by atoms with E-state index in [2.05, 4.69) is 6.58 Å². The van der Waals surface area contributed by atoms with Crippen LogP contribution in [-0.2, 0) is 37.1 Å². The van der Waals surface area contributed by atoms with E-state index in [4.69, 9.17) is 27.5 Å². The summed E-state index contributed by atoms with van der Waals surface area (Å²) in [5.74, 6) is 0.922. The first-order valence-electron chi connectivity index (χ1n) is 14.0. The lowest BCUT2D eigenvalue weighted by Crippen LogP contribution is -2.82. The Labute approximate surface area is 246 Å². The fourth-order valence-corrected chi connectivity index (χ4v) is 11.6. The van der Waals surface area contributed by atoms with Gasteiger partial charge < -0.3 is 27.5 Å². The Balaban J connectivity index is 2.99. The maximum absolute atomic E-state index is 14.6. The van der Waals surface area contributed by atoms with Crippen LogP contribution >= 0.6 is 19.3 Å². The second-order valence-electron chi connectivity index (χ2n) is 11.0. The number of hydrogen-bond donors (Lipinski definition) is 0. The number of carbonyl (C=O) groups is 3. The van der Waals surface area contributed by atoms with Gasteiger partial charge in [0, 0.05) is 12.4 Å². The van der Waals surface area contributed by atoms with Crippen molar-refractivity contribution in [3.63, 3.8) is 0 Å². The molecular formula is C27H48NO9PSSi. The van der Waals surface area contributed by atoms with Crippen LogP contribution in [-0.4, -0.2) is 88.4 Å². The number of hydrogen-bond acceptors (Lipinski definition) is 10. The smallest absolute Gasteiger partial charge is 0.417 e. The number of carbonyl (C=O) groups excluding carboxylic acids is 3. The molecule has 0 aromatic rings. The van der Waals surface area contributed by atoms with Gasteiger partial charge in [-0.25, -0.2) is 9.69 Å². The van der Waals surface area contributed by atoms with Crippen molar-refractivity contribution in [2.24, 2.45) is 16.7 Å². The third-order valence-electron chi connectivity index (χ3n) is 7.29. The first-order chi connectivity index (χ1) is 18.8. The fraction of sp³-hybridized carbons (Fsp3) is 0.778. The molecule has 0 radical (unpaired) electrons. The fourth-order valence-electron chi connectivity index (χ4n) is 6.27. The van der Waals surface area contributed by atoms with E-state index < -0.39 is 47.5 Å². The molecule has 2 aliphatic heterocycles. The van der Waals surface area contributed by atoms with Gasteiger partial charge in [-0.3, -0.25) is 9.59 Å². The predicted molar refractivity (Wildman–Crippen MR) is 162 cm³/mol. The molecule has 0 aliphatic carbocycles. The molecule has 4 atom stereocenters. The molecule has 0 saturated carbocycles. The number of imide groups is 1. The van der Waals surface area contributed by atoms with E-state index in [-0.39, 0.29) is 47.9 Å². The molecule has 40 heavy (non-hydrogen) atoms. The first-order valence-corrected chi connectivity index (χ1v) is 17.3. The van der Waals surface area contributed by atoms with Crippen molar-refractivity contribution in [2.75, 3.05) is 33.0 Å².